The van der Waals surface area contributed by atoms with Gasteiger partial charge in [-0.15, -0.1) is 0 Å². The molecule has 1 aromatic heterocycles. The minimum Gasteiger partial charge on any atom is -0.435 e. The number of hydrogen-bond donors (Lipinski definition) is 0. The molecule has 10 heteroatoms. The maximum Gasteiger partial charge on any atom is 0.321 e. The summed E-state index contributed by atoms with van der Waals surface area (Å²) in [6.45, 7) is 0. The highest BCUT2D eigenvalue weighted by molar-refractivity contribution is 5.59. The summed E-state index contributed by atoms with van der Waals surface area (Å²) in [5.41, 5.74) is 0.418. The average Bonchev–Trinajstić information content (AvgIpc) is 2.73. The third kappa shape index (κ3) is 5.33. The molecule has 0 aliphatic heterocycles. The van der Waals surface area contributed by atoms with E-state index in [0.717, 1.165) is 12.8 Å². The molecule has 0 fully saturated rings. The fourth-order valence-corrected chi connectivity index (χ4v) is 1.97. The molecule has 0 bridgehead atoms. The lowest BCUT2D eigenvalue weighted by Gasteiger charge is -2.02. The lowest BCUT2D eigenvalue weighted by molar-refractivity contribution is -0.385. The molecule has 140 valence electrons. The molecule has 28 heavy (non-hydrogen) atoms. The molecule has 3 rings (SSSR count). The van der Waals surface area contributed by atoms with Crippen molar-refractivity contribution in [3.63, 3.8) is 0 Å². The number of rotatable bonds is 8. The zero-order valence-corrected chi connectivity index (χ0v) is 14.3. The van der Waals surface area contributed by atoms with Gasteiger partial charge in [-0.25, -0.2) is 15.0 Å². The Morgan fingerprint density at radius 2 is 1.71 bits per heavy atom. The number of nitrogens with zero attached hydrogens (tertiary/aromatic N) is 5. The van der Waals surface area contributed by atoms with E-state index in [1.807, 2.05) is 0 Å². The molecule has 0 amide bonds. The van der Waals surface area contributed by atoms with Gasteiger partial charge in [0.25, 0.3) is 0 Å². The Morgan fingerprint density at radius 3 is 2.46 bits per heavy atom. The summed E-state index contributed by atoms with van der Waals surface area (Å²) >= 11 is 0. The summed E-state index contributed by atoms with van der Waals surface area (Å²) in [5.74, 6) is 0.608. The lowest BCUT2D eigenvalue weighted by Crippen LogP contribution is -1.96. The summed E-state index contributed by atoms with van der Waals surface area (Å²) in [7, 11) is 0. The third-order valence-electron chi connectivity index (χ3n) is 3.18. The second-order valence-electron chi connectivity index (χ2n) is 5.02. The molecule has 3 aromatic rings. The van der Waals surface area contributed by atoms with E-state index in [-0.39, 0.29) is 17.4 Å². The van der Waals surface area contributed by atoms with Crippen LogP contribution in [-0.4, -0.2) is 27.7 Å². The smallest absolute Gasteiger partial charge is 0.321 e. The maximum absolute atomic E-state index is 10.9. The summed E-state index contributed by atoms with van der Waals surface area (Å²) < 4.78 is 10.5. The predicted molar refractivity (Wildman–Crippen MR) is 100 cm³/mol. The molecule has 1 heterocycles. The molecular weight excluding hydrogens is 366 g/mol. The molecule has 0 N–H and O–H groups in total. The predicted octanol–water partition coefficient (Wildman–Crippen LogP) is 3.88. The van der Waals surface area contributed by atoms with E-state index >= 15 is 0 Å². The monoisotopic (exact) mass is 379 g/mol. The molecule has 2 aromatic carbocycles. The van der Waals surface area contributed by atoms with Crippen molar-refractivity contribution in [2.45, 2.75) is 0 Å². The van der Waals surface area contributed by atoms with E-state index < -0.39 is 4.92 Å². The van der Waals surface area contributed by atoms with E-state index in [4.69, 9.17) is 14.3 Å². The molecular formula is C18H13N5O5. The Hall–Kier alpha value is -4.34. The van der Waals surface area contributed by atoms with Crippen molar-refractivity contribution in [3.8, 4) is 17.5 Å². The van der Waals surface area contributed by atoms with Gasteiger partial charge in [-0.3, -0.25) is 10.1 Å². The van der Waals surface area contributed by atoms with Crippen molar-refractivity contribution >= 4 is 24.2 Å². The Balaban J connectivity index is 1.48. The van der Waals surface area contributed by atoms with Crippen LogP contribution in [0.3, 0.4) is 0 Å². The number of aliphatic imine (C=N–C) groups is 1. The van der Waals surface area contributed by atoms with Gasteiger partial charge < -0.3 is 14.3 Å². The van der Waals surface area contributed by atoms with Crippen LogP contribution in [0.4, 0.5) is 11.4 Å². The number of nitro groups is 1. The van der Waals surface area contributed by atoms with Crippen LogP contribution in [0.15, 0.2) is 77.1 Å². The van der Waals surface area contributed by atoms with E-state index in [1.165, 1.54) is 18.2 Å². The molecule has 0 aliphatic rings. The Kier molecular flexibility index (Phi) is 6.18. The molecule has 0 atom stereocenters. The topological polar surface area (TPSA) is 121 Å². The average molecular weight is 379 g/mol. The number of para-hydroxylation sites is 2. The highest BCUT2D eigenvalue weighted by atomic mass is 16.6. The Morgan fingerprint density at radius 1 is 0.964 bits per heavy atom. The molecule has 0 unspecified atom stereocenters. The van der Waals surface area contributed by atoms with Crippen LogP contribution in [0.1, 0.15) is 0 Å². The quantitative estimate of drug-likeness (QED) is 0.252. The Bertz CT molecular complexity index is 977. The van der Waals surface area contributed by atoms with E-state index in [9.17, 15) is 10.1 Å². The van der Waals surface area contributed by atoms with Gasteiger partial charge in [0, 0.05) is 18.5 Å². The minimum atomic E-state index is -0.553. The van der Waals surface area contributed by atoms with Gasteiger partial charge in [0.1, 0.15) is 5.75 Å². The van der Waals surface area contributed by atoms with Crippen molar-refractivity contribution in [1.82, 2.24) is 9.97 Å². The second-order valence-corrected chi connectivity index (χ2v) is 5.02. The van der Waals surface area contributed by atoms with Gasteiger partial charge in [-0.1, -0.05) is 12.1 Å². The second kappa shape index (κ2) is 9.38. The number of nitro benzene ring substituents is 1. The van der Waals surface area contributed by atoms with Crippen molar-refractivity contribution in [1.29, 1.82) is 0 Å². The van der Waals surface area contributed by atoms with Gasteiger partial charge in [-0.05, 0) is 41.6 Å². The van der Waals surface area contributed by atoms with Crippen LogP contribution in [0.5, 0.6) is 17.5 Å². The lowest BCUT2D eigenvalue weighted by atomic mass is 10.3. The first-order chi connectivity index (χ1) is 13.7. The fourth-order valence-electron chi connectivity index (χ4n) is 1.97. The molecule has 0 spiro atoms. The summed E-state index contributed by atoms with van der Waals surface area (Å²) in [4.78, 5) is 27.1. The molecule has 0 radical (unpaired) electrons. The van der Waals surface area contributed by atoms with Gasteiger partial charge in [0.05, 0.1) is 10.6 Å². The summed E-state index contributed by atoms with van der Waals surface area (Å²) in [6.07, 6.45) is 5.19. The van der Waals surface area contributed by atoms with Gasteiger partial charge in [0.2, 0.25) is 18.6 Å². The molecule has 0 saturated heterocycles. The summed E-state index contributed by atoms with van der Waals surface area (Å²) in [6, 6.07) is 14.6. The number of oxime groups is 1. The van der Waals surface area contributed by atoms with Crippen molar-refractivity contribution in [2.24, 2.45) is 10.1 Å². The van der Waals surface area contributed by atoms with Crippen LogP contribution >= 0.6 is 0 Å². The fraction of sp³-hybridized carbons (Fsp3) is 0. The number of benzene rings is 2. The van der Waals surface area contributed by atoms with Gasteiger partial charge in [-0.2, -0.15) is 0 Å². The highest BCUT2D eigenvalue weighted by Crippen LogP contribution is 2.25. The van der Waals surface area contributed by atoms with Crippen molar-refractivity contribution < 1.29 is 19.2 Å². The first kappa shape index (κ1) is 18.5. The van der Waals surface area contributed by atoms with Gasteiger partial charge in [0.15, 0.2) is 0 Å². The normalized spacial score (nSPS) is 10.9. The largest absolute Gasteiger partial charge is 0.435 e. The maximum atomic E-state index is 10.9. The van der Waals surface area contributed by atoms with Crippen LogP contribution in [0.25, 0.3) is 0 Å². The minimum absolute atomic E-state index is 0.0507. The SMILES string of the molecule is O=[N+]([O-])c1ccccc1O/C=N/O/C=N/c1ccc(Oc2ncccn2)cc1. The van der Waals surface area contributed by atoms with Crippen molar-refractivity contribution in [2.75, 3.05) is 0 Å². The third-order valence-corrected chi connectivity index (χ3v) is 3.18. The Labute approximate surface area is 158 Å². The van der Waals surface area contributed by atoms with Crippen LogP contribution in [-0.2, 0) is 4.84 Å². The van der Waals surface area contributed by atoms with Crippen LogP contribution in [0.2, 0.25) is 0 Å². The van der Waals surface area contributed by atoms with E-state index in [1.54, 1.807) is 48.8 Å². The van der Waals surface area contributed by atoms with Crippen molar-refractivity contribution in [3.05, 3.63) is 77.1 Å². The number of hydrogen-bond acceptors (Lipinski definition) is 9. The molecule has 10 nitrogen and oxygen atoms in total. The zero-order chi connectivity index (χ0) is 19.6. The van der Waals surface area contributed by atoms with Gasteiger partial charge >= 0.3 is 11.7 Å². The highest BCUT2D eigenvalue weighted by Gasteiger charge is 2.12. The zero-order valence-electron chi connectivity index (χ0n) is 14.3. The number of ether oxygens (including phenoxy) is 2. The summed E-state index contributed by atoms with van der Waals surface area (Å²) in [5, 5.41) is 14.3. The van der Waals surface area contributed by atoms with Crippen LogP contribution in [0, 0.1) is 10.1 Å². The standard InChI is InChI=1S/C18H13N5O5/c24-23(25)16-4-1-2-5-17(16)26-13-22-27-12-21-14-6-8-15(9-7-14)28-18-19-10-3-11-20-18/h1-13H/b21-12+,22-13+. The first-order valence-corrected chi connectivity index (χ1v) is 7.87. The molecule has 0 saturated carbocycles. The van der Waals surface area contributed by atoms with Crippen LogP contribution < -0.4 is 9.47 Å². The van der Waals surface area contributed by atoms with E-state index in [0.29, 0.717) is 11.4 Å². The van der Waals surface area contributed by atoms with E-state index in [2.05, 4.69) is 20.1 Å². The number of aromatic nitrogens is 2. The molecule has 0 aliphatic carbocycles. The first-order valence-electron chi connectivity index (χ1n) is 7.87.